The fraction of sp³-hybridized carbons (Fsp3) is 0.538. The number of hydrogen-bond donors (Lipinski definition) is 1. The molecule has 0 aliphatic carbocycles. The van der Waals surface area contributed by atoms with Crippen molar-refractivity contribution in [3.63, 3.8) is 0 Å². The van der Waals surface area contributed by atoms with Crippen LogP contribution in [0.25, 0.3) is 0 Å². The zero-order valence-electron chi connectivity index (χ0n) is 11.5. The molecule has 8 heteroatoms. The van der Waals surface area contributed by atoms with Crippen molar-refractivity contribution < 1.29 is 17.5 Å². The first kappa shape index (κ1) is 16.6. The molecule has 0 unspecified atom stereocenters. The van der Waals surface area contributed by atoms with E-state index in [0.717, 1.165) is 19.2 Å². The Kier molecular flexibility index (Phi) is 5.95. The third kappa shape index (κ3) is 5.52. The van der Waals surface area contributed by atoms with E-state index in [-0.39, 0.29) is 16.3 Å². The number of sulfonamides is 1. The molecule has 1 saturated heterocycles. The highest BCUT2D eigenvalue weighted by atomic mass is 35.5. The monoisotopic (exact) mass is 336 g/mol. The van der Waals surface area contributed by atoms with Crippen molar-refractivity contribution in [2.24, 2.45) is 0 Å². The van der Waals surface area contributed by atoms with Crippen LogP contribution in [0.1, 0.15) is 5.56 Å². The fourth-order valence-corrected chi connectivity index (χ4v) is 3.39. The molecule has 0 radical (unpaired) electrons. The molecule has 21 heavy (non-hydrogen) atoms. The van der Waals surface area contributed by atoms with Gasteiger partial charge in [0.25, 0.3) is 0 Å². The normalized spacial score (nSPS) is 17.0. The molecule has 1 aliphatic rings. The Bertz CT molecular complexity index is 577. The lowest BCUT2D eigenvalue weighted by molar-refractivity contribution is 0.0390. The predicted molar refractivity (Wildman–Crippen MR) is 79.3 cm³/mol. The topological polar surface area (TPSA) is 58.6 Å². The Labute approximate surface area is 129 Å². The second-order valence-electron chi connectivity index (χ2n) is 4.84. The maximum atomic E-state index is 13.6. The molecule has 0 amide bonds. The lowest BCUT2D eigenvalue weighted by Crippen LogP contribution is -2.41. The van der Waals surface area contributed by atoms with Gasteiger partial charge < -0.3 is 4.74 Å². The van der Waals surface area contributed by atoms with Gasteiger partial charge in [0.05, 0.1) is 19.0 Å². The molecule has 0 spiro atoms. The lowest BCUT2D eigenvalue weighted by Gasteiger charge is -2.26. The van der Waals surface area contributed by atoms with Crippen LogP contribution in [0.15, 0.2) is 18.2 Å². The van der Waals surface area contributed by atoms with Crippen LogP contribution >= 0.6 is 11.6 Å². The zero-order valence-corrected chi connectivity index (χ0v) is 13.1. The largest absolute Gasteiger partial charge is 0.379 e. The van der Waals surface area contributed by atoms with Crippen molar-refractivity contribution in [3.8, 4) is 0 Å². The van der Waals surface area contributed by atoms with Crippen LogP contribution in [-0.2, 0) is 20.5 Å². The molecule has 5 nitrogen and oxygen atoms in total. The number of benzene rings is 1. The summed E-state index contributed by atoms with van der Waals surface area (Å²) in [5, 5.41) is 0.244. The summed E-state index contributed by atoms with van der Waals surface area (Å²) in [5.74, 6) is -1.000. The van der Waals surface area contributed by atoms with Gasteiger partial charge in [-0.25, -0.2) is 17.5 Å². The van der Waals surface area contributed by atoms with Crippen LogP contribution < -0.4 is 4.72 Å². The Morgan fingerprint density at radius 3 is 2.71 bits per heavy atom. The molecule has 0 bridgehead atoms. The highest BCUT2D eigenvalue weighted by Gasteiger charge is 2.16. The number of halogens is 2. The SMILES string of the molecule is O=S(=O)(Cc1ccc(Cl)cc1F)NCCN1CCOCC1. The molecule has 2 rings (SSSR count). The molecule has 0 saturated carbocycles. The second-order valence-corrected chi connectivity index (χ2v) is 7.09. The van der Waals surface area contributed by atoms with Crippen LogP contribution in [0.3, 0.4) is 0 Å². The van der Waals surface area contributed by atoms with Gasteiger partial charge in [-0.15, -0.1) is 0 Å². The minimum Gasteiger partial charge on any atom is -0.379 e. The van der Waals surface area contributed by atoms with Crippen LogP contribution in [-0.4, -0.2) is 52.7 Å². The third-order valence-electron chi connectivity index (χ3n) is 3.21. The van der Waals surface area contributed by atoms with E-state index in [1.54, 1.807) is 0 Å². The van der Waals surface area contributed by atoms with E-state index in [0.29, 0.717) is 26.3 Å². The number of nitrogens with one attached hydrogen (secondary N) is 1. The average molecular weight is 337 g/mol. The van der Waals surface area contributed by atoms with Gasteiger partial charge in [-0.2, -0.15) is 0 Å². The van der Waals surface area contributed by atoms with E-state index >= 15 is 0 Å². The summed E-state index contributed by atoms with van der Waals surface area (Å²) >= 11 is 5.64. The van der Waals surface area contributed by atoms with Gasteiger partial charge in [-0.05, 0) is 12.1 Å². The quantitative estimate of drug-likeness (QED) is 0.849. The number of morpholine rings is 1. The van der Waals surface area contributed by atoms with Crippen molar-refractivity contribution in [1.29, 1.82) is 0 Å². The van der Waals surface area contributed by atoms with Crippen molar-refractivity contribution in [2.75, 3.05) is 39.4 Å². The Hall–Kier alpha value is -0.730. The summed E-state index contributed by atoms with van der Waals surface area (Å²) in [6, 6.07) is 3.97. The van der Waals surface area contributed by atoms with Gasteiger partial charge in [-0.1, -0.05) is 17.7 Å². The molecule has 1 aromatic carbocycles. The third-order valence-corrected chi connectivity index (χ3v) is 4.78. The van der Waals surface area contributed by atoms with Crippen LogP contribution in [0.4, 0.5) is 4.39 Å². The van der Waals surface area contributed by atoms with Gasteiger partial charge in [0, 0.05) is 36.8 Å². The summed E-state index contributed by atoms with van der Waals surface area (Å²) in [6.07, 6.45) is 0. The summed E-state index contributed by atoms with van der Waals surface area (Å²) < 4.78 is 45.1. The molecule has 0 aromatic heterocycles. The standard InChI is InChI=1S/C13H18ClFN2O3S/c14-12-2-1-11(13(15)9-12)10-21(18,19)16-3-4-17-5-7-20-8-6-17/h1-2,9,16H,3-8,10H2. The van der Waals surface area contributed by atoms with Crippen molar-refractivity contribution in [1.82, 2.24) is 9.62 Å². The Balaban J connectivity index is 1.83. The minimum atomic E-state index is -3.56. The van der Waals surface area contributed by atoms with E-state index in [1.165, 1.54) is 12.1 Å². The smallest absolute Gasteiger partial charge is 0.215 e. The van der Waals surface area contributed by atoms with Crippen LogP contribution in [0, 0.1) is 5.82 Å². The van der Waals surface area contributed by atoms with Gasteiger partial charge in [0.2, 0.25) is 10.0 Å². The first-order chi connectivity index (χ1) is 9.96. The zero-order chi connectivity index (χ0) is 15.3. The average Bonchev–Trinajstić information content (AvgIpc) is 2.43. The predicted octanol–water partition coefficient (Wildman–Crippen LogP) is 1.23. The van der Waals surface area contributed by atoms with E-state index in [1.807, 2.05) is 0 Å². The maximum absolute atomic E-state index is 13.6. The molecular weight excluding hydrogens is 319 g/mol. The summed E-state index contributed by atoms with van der Waals surface area (Å²) in [7, 11) is -3.56. The van der Waals surface area contributed by atoms with Crippen LogP contribution in [0.5, 0.6) is 0 Å². The molecule has 0 atom stereocenters. The molecule has 118 valence electrons. The van der Waals surface area contributed by atoms with E-state index in [2.05, 4.69) is 9.62 Å². The van der Waals surface area contributed by atoms with E-state index in [9.17, 15) is 12.8 Å². The van der Waals surface area contributed by atoms with E-state index in [4.69, 9.17) is 16.3 Å². The van der Waals surface area contributed by atoms with Crippen molar-refractivity contribution >= 4 is 21.6 Å². The molecule has 1 heterocycles. The number of ether oxygens (including phenoxy) is 1. The number of hydrogen-bond acceptors (Lipinski definition) is 4. The fourth-order valence-electron chi connectivity index (χ4n) is 2.08. The second kappa shape index (κ2) is 7.51. The van der Waals surface area contributed by atoms with Gasteiger partial charge in [0.1, 0.15) is 5.82 Å². The van der Waals surface area contributed by atoms with E-state index < -0.39 is 15.8 Å². The summed E-state index contributed by atoms with van der Waals surface area (Å²) in [6.45, 7) is 3.86. The van der Waals surface area contributed by atoms with Crippen molar-refractivity contribution in [2.45, 2.75) is 5.75 Å². The highest BCUT2D eigenvalue weighted by molar-refractivity contribution is 7.88. The molecule has 1 aliphatic heterocycles. The van der Waals surface area contributed by atoms with Gasteiger partial charge >= 0.3 is 0 Å². The summed E-state index contributed by atoms with van der Waals surface area (Å²) in [5.41, 5.74) is 0.110. The first-order valence-electron chi connectivity index (χ1n) is 6.68. The summed E-state index contributed by atoms with van der Waals surface area (Å²) in [4.78, 5) is 2.12. The lowest BCUT2D eigenvalue weighted by atomic mass is 10.2. The molecular formula is C13H18ClFN2O3S. The molecule has 1 aromatic rings. The molecule has 1 N–H and O–H groups in total. The Morgan fingerprint density at radius 2 is 2.05 bits per heavy atom. The van der Waals surface area contributed by atoms with Crippen LogP contribution in [0.2, 0.25) is 5.02 Å². The minimum absolute atomic E-state index is 0.110. The van der Waals surface area contributed by atoms with Gasteiger partial charge in [-0.3, -0.25) is 4.90 Å². The Morgan fingerprint density at radius 1 is 1.33 bits per heavy atom. The van der Waals surface area contributed by atoms with Crippen molar-refractivity contribution in [3.05, 3.63) is 34.6 Å². The number of rotatable bonds is 6. The van der Waals surface area contributed by atoms with Gasteiger partial charge in [0.15, 0.2) is 0 Å². The molecule has 1 fully saturated rings. The number of nitrogens with zero attached hydrogens (tertiary/aromatic N) is 1. The first-order valence-corrected chi connectivity index (χ1v) is 8.71. The highest BCUT2D eigenvalue weighted by Crippen LogP contribution is 2.16. The maximum Gasteiger partial charge on any atom is 0.215 e.